The molecule has 0 bridgehead atoms. The number of carbonyl (C=O) groups excluding carboxylic acids is 1. The van der Waals surface area contributed by atoms with Crippen LogP contribution in [0.3, 0.4) is 0 Å². The minimum atomic E-state index is -4.44. The summed E-state index contributed by atoms with van der Waals surface area (Å²) in [6.07, 6.45) is -6.00. The van der Waals surface area contributed by atoms with Gasteiger partial charge in [0.2, 0.25) is 0 Å². The Hall–Kier alpha value is -1.56. The summed E-state index contributed by atoms with van der Waals surface area (Å²) in [5.41, 5.74) is -0.784. The van der Waals surface area contributed by atoms with E-state index < -0.39 is 23.8 Å². The molecule has 0 saturated heterocycles. The number of aliphatic hydroxyl groups excluding tert-OH is 1. The van der Waals surface area contributed by atoms with Gasteiger partial charge in [-0.3, -0.25) is 0 Å². The molecule has 16 heavy (non-hydrogen) atoms. The first kappa shape index (κ1) is 12.5. The maximum atomic E-state index is 12.2. The highest BCUT2D eigenvalue weighted by atomic mass is 19.4. The zero-order valence-electron chi connectivity index (χ0n) is 8.28. The second kappa shape index (κ2) is 4.52. The average Bonchev–Trinajstić information content (AvgIpc) is 2.26. The number of alkyl halides is 3. The number of aliphatic hydroxyl groups is 1. The molecule has 1 rings (SSSR count). The predicted molar refractivity (Wildman–Crippen MR) is 48.4 cm³/mol. The third-order valence-electron chi connectivity index (χ3n) is 1.98. The molecule has 1 N–H and O–H groups in total. The maximum absolute atomic E-state index is 12.2. The molecule has 0 amide bonds. The van der Waals surface area contributed by atoms with Gasteiger partial charge in [0.05, 0.1) is 12.7 Å². The molecule has 0 aliphatic heterocycles. The van der Waals surface area contributed by atoms with E-state index in [1.807, 2.05) is 0 Å². The summed E-state index contributed by atoms with van der Waals surface area (Å²) in [5, 5.41) is 9.33. The van der Waals surface area contributed by atoms with Gasteiger partial charge in [-0.05, 0) is 17.7 Å². The largest absolute Gasteiger partial charge is 0.467 e. The fraction of sp³-hybridized carbons (Fsp3) is 0.300. The molecule has 0 saturated carbocycles. The van der Waals surface area contributed by atoms with Crippen molar-refractivity contribution < 1.29 is 27.8 Å². The first-order valence-electron chi connectivity index (χ1n) is 4.29. The molecule has 0 heterocycles. The molecule has 1 aromatic rings. The molecular formula is C10H9F3O3. The van der Waals surface area contributed by atoms with Crippen molar-refractivity contribution in [3.63, 3.8) is 0 Å². The van der Waals surface area contributed by atoms with Gasteiger partial charge in [-0.25, -0.2) is 4.79 Å². The number of esters is 1. The van der Waals surface area contributed by atoms with Gasteiger partial charge < -0.3 is 9.84 Å². The van der Waals surface area contributed by atoms with Crippen molar-refractivity contribution in [2.45, 2.75) is 12.3 Å². The molecule has 0 aliphatic rings. The normalized spacial score (nSPS) is 13.3. The molecule has 1 aromatic carbocycles. The van der Waals surface area contributed by atoms with Gasteiger partial charge in [-0.2, -0.15) is 13.2 Å². The minimum Gasteiger partial charge on any atom is -0.467 e. The molecule has 3 nitrogen and oxygen atoms in total. The highest BCUT2D eigenvalue weighted by molar-refractivity contribution is 5.76. The van der Waals surface area contributed by atoms with Crippen LogP contribution in [0.5, 0.6) is 0 Å². The van der Waals surface area contributed by atoms with Crippen LogP contribution in [0.2, 0.25) is 0 Å². The molecule has 88 valence electrons. The molecule has 0 aromatic heterocycles. The van der Waals surface area contributed by atoms with Gasteiger partial charge >= 0.3 is 12.1 Å². The summed E-state index contributed by atoms with van der Waals surface area (Å²) in [4.78, 5) is 10.9. The molecule has 6 heteroatoms. The third-order valence-corrected chi connectivity index (χ3v) is 1.98. The molecule has 0 spiro atoms. The fourth-order valence-corrected chi connectivity index (χ4v) is 1.10. The Morgan fingerprint density at radius 3 is 2.19 bits per heavy atom. The van der Waals surface area contributed by atoms with Gasteiger partial charge in [0.15, 0.2) is 6.10 Å². The van der Waals surface area contributed by atoms with Crippen molar-refractivity contribution in [1.82, 2.24) is 0 Å². The SMILES string of the molecule is COC(=O)[C@@H](O)c1ccc(C(F)(F)F)cc1. The Morgan fingerprint density at radius 2 is 1.81 bits per heavy atom. The number of benzene rings is 1. The Balaban J connectivity index is 2.91. The summed E-state index contributed by atoms with van der Waals surface area (Å²) < 4.78 is 40.8. The van der Waals surface area contributed by atoms with Crippen molar-refractivity contribution in [1.29, 1.82) is 0 Å². The van der Waals surface area contributed by atoms with Gasteiger partial charge in [-0.15, -0.1) is 0 Å². The third kappa shape index (κ3) is 2.73. The number of carbonyl (C=O) groups is 1. The van der Waals surface area contributed by atoms with Crippen molar-refractivity contribution in [3.8, 4) is 0 Å². The summed E-state index contributed by atoms with van der Waals surface area (Å²) >= 11 is 0. The van der Waals surface area contributed by atoms with Crippen LogP contribution in [0.25, 0.3) is 0 Å². The van der Waals surface area contributed by atoms with E-state index >= 15 is 0 Å². The van der Waals surface area contributed by atoms with Crippen LogP contribution >= 0.6 is 0 Å². The first-order valence-corrected chi connectivity index (χ1v) is 4.29. The highest BCUT2D eigenvalue weighted by Gasteiger charge is 2.30. The summed E-state index contributed by atoms with van der Waals surface area (Å²) in [5.74, 6) is -0.917. The smallest absolute Gasteiger partial charge is 0.416 e. The van der Waals surface area contributed by atoms with E-state index in [9.17, 15) is 23.1 Å². The number of methoxy groups -OCH3 is 1. The maximum Gasteiger partial charge on any atom is 0.416 e. The summed E-state index contributed by atoms with van der Waals surface area (Å²) in [6.45, 7) is 0. The number of rotatable bonds is 2. The number of halogens is 3. The van der Waals surface area contributed by atoms with Crippen LogP contribution < -0.4 is 0 Å². The van der Waals surface area contributed by atoms with Crippen molar-refractivity contribution in [2.24, 2.45) is 0 Å². The van der Waals surface area contributed by atoms with Crippen LogP contribution in [0, 0.1) is 0 Å². The predicted octanol–water partition coefficient (Wildman–Crippen LogP) is 1.91. The quantitative estimate of drug-likeness (QED) is 0.795. The standard InChI is InChI=1S/C10H9F3O3/c1-16-9(15)8(14)6-2-4-7(5-3-6)10(11,12)13/h2-5,8,14H,1H3/t8-/m0/s1. The Kier molecular flexibility index (Phi) is 3.54. The van der Waals surface area contributed by atoms with Crippen LogP contribution in [0.1, 0.15) is 17.2 Å². The van der Waals surface area contributed by atoms with Gasteiger partial charge in [0, 0.05) is 0 Å². The topological polar surface area (TPSA) is 46.5 Å². The minimum absolute atomic E-state index is 0.0554. The molecule has 1 atom stereocenters. The monoisotopic (exact) mass is 234 g/mol. The highest BCUT2D eigenvalue weighted by Crippen LogP contribution is 2.29. The number of ether oxygens (including phenoxy) is 1. The van der Waals surface area contributed by atoms with E-state index in [2.05, 4.69) is 4.74 Å². The molecule has 0 fully saturated rings. The average molecular weight is 234 g/mol. The number of hydrogen-bond donors (Lipinski definition) is 1. The molecule has 0 aliphatic carbocycles. The zero-order valence-corrected chi connectivity index (χ0v) is 8.28. The van der Waals surface area contributed by atoms with Gasteiger partial charge in [0.1, 0.15) is 0 Å². The van der Waals surface area contributed by atoms with Crippen molar-refractivity contribution >= 4 is 5.97 Å². The van der Waals surface area contributed by atoms with Crippen molar-refractivity contribution in [3.05, 3.63) is 35.4 Å². The zero-order chi connectivity index (χ0) is 12.3. The second-order valence-electron chi connectivity index (χ2n) is 3.05. The van der Waals surface area contributed by atoms with Crippen LogP contribution in [0.15, 0.2) is 24.3 Å². The van der Waals surface area contributed by atoms with E-state index in [1.165, 1.54) is 0 Å². The summed E-state index contributed by atoms with van der Waals surface area (Å²) in [7, 11) is 1.08. The van der Waals surface area contributed by atoms with Gasteiger partial charge in [0.25, 0.3) is 0 Å². The van der Waals surface area contributed by atoms with E-state index in [0.717, 1.165) is 31.4 Å². The lowest BCUT2D eigenvalue weighted by atomic mass is 10.1. The van der Waals surface area contributed by atoms with Crippen LogP contribution in [0.4, 0.5) is 13.2 Å². The van der Waals surface area contributed by atoms with E-state index in [-0.39, 0.29) is 5.56 Å². The van der Waals surface area contributed by atoms with Crippen LogP contribution in [-0.4, -0.2) is 18.2 Å². The Bertz CT molecular complexity index is 370. The summed E-state index contributed by atoms with van der Waals surface area (Å²) in [6, 6.07) is 3.65. The van der Waals surface area contributed by atoms with E-state index in [0.29, 0.717) is 0 Å². The fourth-order valence-electron chi connectivity index (χ4n) is 1.10. The number of hydrogen-bond acceptors (Lipinski definition) is 3. The van der Waals surface area contributed by atoms with Crippen molar-refractivity contribution in [2.75, 3.05) is 7.11 Å². The first-order chi connectivity index (χ1) is 7.36. The lowest BCUT2D eigenvalue weighted by molar-refractivity contribution is -0.150. The van der Waals surface area contributed by atoms with Crippen LogP contribution in [-0.2, 0) is 15.7 Å². The lowest BCUT2D eigenvalue weighted by Gasteiger charge is -2.10. The molecule has 0 unspecified atom stereocenters. The molecule has 0 radical (unpaired) electrons. The Labute approximate surface area is 89.5 Å². The molecular weight excluding hydrogens is 225 g/mol. The van der Waals surface area contributed by atoms with E-state index in [1.54, 1.807) is 0 Å². The lowest BCUT2D eigenvalue weighted by Crippen LogP contribution is -2.14. The van der Waals surface area contributed by atoms with Gasteiger partial charge in [-0.1, -0.05) is 12.1 Å². The second-order valence-corrected chi connectivity index (χ2v) is 3.05. The van der Waals surface area contributed by atoms with E-state index in [4.69, 9.17) is 0 Å². The Morgan fingerprint density at radius 1 is 1.31 bits per heavy atom.